The van der Waals surface area contributed by atoms with Gasteiger partial charge in [0.1, 0.15) is 0 Å². The molecule has 11 heavy (non-hydrogen) atoms. The van der Waals surface area contributed by atoms with Crippen molar-refractivity contribution in [2.75, 3.05) is 26.7 Å². The smallest absolute Gasteiger partial charge is 0.0303 e. The van der Waals surface area contributed by atoms with Gasteiger partial charge in [0.25, 0.3) is 0 Å². The van der Waals surface area contributed by atoms with Gasteiger partial charge in [-0.25, -0.2) is 0 Å². The minimum atomic E-state index is 0.410. The molecule has 1 N–H and O–H groups in total. The largest absolute Gasteiger partial charge is 0.315 e. The SMILES string of the molecule is CCN(C)C1(C)CCCNC1. The van der Waals surface area contributed by atoms with Crippen LogP contribution in [-0.2, 0) is 0 Å². The van der Waals surface area contributed by atoms with Crippen LogP contribution in [0.4, 0.5) is 0 Å². The van der Waals surface area contributed by atoms with Crippen LogP contribution in [0.2, 0.25) is 0 Å². The third-order valence-corrected chi connectivity index (χ3v) is 2.97. The van der Waals surface area contributed by atoms with Crippen molar-refractivity contribution in [1.82, 2.24) is 10.2 Å². The normalized spacial score (nSPS) is 32.7. The Morgan fingerprint density at radius 3 is 2.73 bits per heavy atom. The molecule has 0 saturated carbocycles. The van der Waals surface area contributed by atoms with Crippen LogP contribution >= 0.6 is 0 Å². The summed E-state index contributed by atoms with van der Waals surface area (Å²) < 4.78 is 0. The Morgan fingerprint density at radius 2 is 2.27 bits per heavy atom. The summed E-state index contributed by atoms with van der Waals surface area (Å²) >= 11 is 0. The Balaban J connectivity index is 2.49. The van der Waals surface area contributed by atoms with Gasteiger partial charge in [-0.05, 0) is 39.9 Å². The average molecular weight is 156 g/mol. The van der Waals surface area contributed by atoms with Crippen LogP contribution in [0.15, 0.2) is 0 Å². The molecule has 2 heteroatoms. The maximum atomic E-state index is 3.45. The van der Waals surface area contributed by atoms with E-state index in [0.29, 0.717) is 5.54 Å². The zero-order valence-corrected chi connectivity index (χ0v) is 7.98. The van der Waals surface area contributed by atoms with E-state index in [4.69, 9.17) is 0 Å². The highest BCUT2D eigenvalue weighted by atomic mass is 15.2. The number of hydrogen-bond acceptors (Lipinski definition) is 2. The molecule has 0 spiro atoms. The average Bonchev–Trinajstić information content (AvgIpc) is 2.04. The number of hydrogen-bond donors (Lipinski definition) is 1. The lowest BCUT2D eigenvalue weighted by atomic mass is 9.91. The number of piperidine rings is 1. The van der Waals surface area contributed by atoms with Crippen molar-refractivity contribution >= 4 is 0 Å². The fraction of sp³-hybridized carbons (Fsp3) is 1.00. The van der Waals surface area contributed by atoms with E-state index in [0.717, 1.165) is 13.1 Å². The van der Waals surface area contributed by atoms with Crippen molar-refractivity contribution in [1.29, 1.82) is 0 Å². The molecule has 0 aromatic rings. The number of nitrogens with zero attached hydrogens (tertiary/aromatic N) is 1. The van der Waals surface area contributed by atoms with Gasteiger partial charge in [-0.1, -0.05) is 6.92 Å². The van der Waals surface area contributed by atoms with Crippen LogP contribution < -0.4 is 5.32 Å². The molecule has 0 bridgehead atoms. The van der Waals surface area contributed by atoms with Crippen molar-refractivity contribution in [2.24, 2.45) is 0 Å². The van der Waals surface area contributed by atoms with E-state index < -0.39 is 0 Å². The molecule has 0 radical (unpaired) electrons. The Labute approximate surface area is 70.0 Å². The van der Waals surface area contributed by atoms with Crippen LogP contribution in [-0.4, -0.2) is 37.1 Å². The third kappa shape index (κ3) is 1.94. The Morgan fingerprint density at radius 1 is 1.55 bits per heavy atom. The van der Waals surface area contributed by atoms with E-state index in [1.54, 1.807) is 0 Å². The maximum absolute atomic E-state index is 3.45. The summed E-state index contributed by atoms with van der Waals surface area (Å²) in [6.07, 6.45) is 2.66. The fourth-order valence-electron chi connectivity index (χ4n) is 1.75. The molecule has 1 fully saturated rings. The van der Waals surface area contributed by atoms with Crippen LogP contribution in [0.5, 0.6) is 0 Å². The minimum Gasteiger partial charge on any atom is -0.315 e. The second-order valence-corrected chi connectivity index (χ2v) is 3.79. The highest BCUT2D eigenvalue weighted by molar-refractivity contribution is 4.89. The van der Waals surface area contributed by atoms with E-state index >= 15 is 0 Å². The second kappa shape index (κ2) is 3.55. The van der Waals surface area contributed by atoms with Gasteiger partial charge >= 0.3 is 0 Å². The van der Waals surface area contributed by atoms with Gasteiger partial charge in [0.15, 0.2) is 0 Å². The maximum Gasteiger partial charge on any atom is 0.0303 e. The molecular weight excluding hydrogens is 136 g/mol. The van der Waals surface area contributed by atoms with Crippen molar-refractivity contribution in [3.05, 3.63) is 0 Å². The molecular formula is C9H20N2. The van der Waals surface area contributed by atoms with Crippen LogP contribution in [0.25, 0.3) is 0 Å². The van der Waals surface area contributed by atoms with Crippen molar-refractivity contribution in [2.45, 2.75) is 32.2 Å². The van der Waals surface area contributed by atoms with Crippen molar-refractivity contribution < 1.29 is 0 Å². The van der Waals surface area contributed by atoms with Crippen LogP contribution in [0.1, 0.15) is 26.7 Å². The fourth-order valence-corrected chi connectivity index (χ4v) is 1.75. The van der Waals surface area contributed by atoms with E-state index in [9.17, 15) is 0 Å². The van der Waals surface area contributed by atoms with Gasteiger partial charge in [0.2, 0.25) is 0 Å². The summed E-state index contributed by atoms with van der Waals surface area (Å²) in [6.45, 7) is 8.07. The van der Waals surface area contributed by atoms with Gasteiger partial charge in [-0.3, -0.25) is 4.90 Å². The van der Waals surface area contributed by atoms with Gasteiger partial charge in [0, 0.05) is 12.1 Å². The zero-order chi connectivity index (χ0) is 8.32. The van der Waals surface area contributed by atoms with Crippen LogP contribution in [0, 0.1) is 0 Å². The van der Waals surface area contributed by atoms with E-state index in [1.807, 2.05) is 0 Å². The number of rotatable bonds is 2. The van der Waals surface area contributed by atoms with Gasteiger partial charge < -0.3 is 5.32 Å². The molecule has 66 valence electrons. The first-order valence-electron chi connectivity index (χ1n) is 4.61. The Kier molecular flexibility index (Phi) is 2.90. The van der Waals surface area contributed by atoms with E-state index in [-0.39, 0.29) is 0 Å². The first-order valence-corrected chi connectivity index (χ1v) is 4.61. The number of nitrogens with one attached hydrogen (secondary N) is 1. The molecule has 0 aromatic heterocycles. The minimum absolute atomic E-state index is 0.410. The highest BCUT2D eigenvalue weighted by Crippen LogP contribution is 2.21. The van der Waals surface area contributed by atoms with Gasteiger partial charge in [-0.15, -0.1) is 0 Å². The topological polar surface area (TPSA) is 15.3 Å². The van der Waals surface area contributed by atoms with Crippen molar-refractivity contribution in [3.63, 3.8) is 0 Å². The van der Waals surface area contributed by atoms with Gasteiger partial charge in [0.05, 0.1) is 0 Å². The summed E-state index contributed by atoms with van der Waals surface area (Å²) in [5.74, 6) is 0. The molecule has 1 atom stereocenters. The molecule has 1 rings (SSSR count). The summed E-state index contributed by atoms with van der Waals surface area (Å²) in [4.78, 5) is 2.44. The summed E-state index contributed by atoms with van der Waals surface area (Å²) in [5.41, 5.74) is 0.410. The quantitative estimate of drug-likeness (QED) is 0.643. The summed E-state index contributed by atoms with van der Waals surface area (Å²) in [5, 5.41) is 3.45. The molecule has 1 aliphatic rings. The van der Waals surface area contributed by atoms with Crippen molar-refractivity contribution in [3.8, 4) is 0 Å². The number of likely N-dealkylation sites (N-methyl/N-ethyl adjacent to an activating group) is 1. The summed E-state index contributed by atoms with van der Waals surface area (Å²) in [7, 11) is 2.22. The van der Waals surface area contributed by atoms with Crippen LogP contribution in [0.3, 0.4) is 0 Å². The predicted molar refractivity (Wildman–Crippen MR) is 48.8 cm³/mol. The monoisotopic (exact) mass is 156 g/mol. The lowest BCUT2D eigenvalue weighted by molar-refractivity contribution is 0.111. The second-order valence-electron chi connectivity index (χ2n) is 3.79. The third-order valence-electron chi connectivity index (χ3n) is 2.97. The molecule has 0 aromatic carbocycles. The summed E-state index contributed by atoms with van der Waals surface area (Å²) in [6, 6.07) is 0. The molecule has 0 aliphatic carbocycles. The lowest BCUT2D eigenvalue weighted by Crippen LogP contribution is -2.54. The highest BCUT2D eigenvalue weighted by Gasteiger charge is 2.29. The Hall–Kier alpha value is -0.0800. The zero-order valence-electron chi connectivity index (χ0n) is 7.98. The molecule has 0 amide bonds. The molecule has 2 nitrogen and oxygen atoms in total. The van der Waals surface area contributed by atoms with E-state index in [2.05, 4.69) is 31.1 Å². The first-order chi connectivity index (χ1) is 5.19. The van der Waals surface area contributed by atoms with Gasteiger partial charge in [-0.2, -0.15) is 0 Å². The molecule has 1 heterocycles. The first kappa shape index (κ1) is 9.01. The molecule has 1 unspecified atom stereocenters. The lowest BCUT2D eigenvalue weighted by Gasteiger charge is -2.41. The standard InChI is InChI=1S/C9H20N2/c1-4-11(3)9(2)6-5-7-10-8-9/h10H,4-8H2,1-3H3. The molecule has 1 aliphatic heterocycles. The predicted octanol–water partition coefficient (Wildman–Crippen LogP) is 1.08. The van der Waals surface area contributed by atoms with E-state index in [1.165, 1.54) is 19.4 Å². The molecule has 1 saturated heterocycles. The Bertz CT molecular complexity index is 117.